The van der Waals surface area contributed by atoms with E-state index >= 15 is 0 Å². The Balaban J connectivity index is 0. The maximum absolute atomic E-state index is 5.59. The summed E-state index contributed by atoms with van der Waals surface area (Å²) in [5.74, 6) is 0. The van der Waals surface area contributed by atoms with Gasteiger partial charge in [-0.05, 0) is 25.5 Å². The molecule has 1 aromatic rings. The third-order valence-electron chi connectivity index (χ3n) is 1.43. The van der Waals surface area contributed by atoms with Gasteiger partial charge >= 0.3 is 0 Å². The van der Waals surface area contributed by atoms with E-state index in [-0.39, 0.29) is 24.8 Å². The zero-order chi connectivity index (χ0) is 6.85. The summed E-state index contributed by atoms with van der Waals surface area (Å²) >= 11 is 0. The lowest BCUT2D eigenvalue weighted by atomic mass is 10.1. The first-order valence-electron chi connectivity index (χ1n) is 3.03. The van der Waals surface area contributed by atoms with Crippen LogP contribution in [-0.2, 0) is 0 Å². The summed E-state index contributed by atoms with van der Waals surface area (Å²) in [6.07, 6.45) is 0. The van der Waals surface area contributed by atoms with Gasteiger partial charge in [0.25, 0.3) is 0 Å². The van der Waals surface area contributed by atoms with Crippen LogP contribution in [0.2, 0.25) is 0 Å². The normalized spacial score (nSPS) is 7.82. The molecule has 64 valence electrons. The molecule has 0 aliphatic rings. The summed E-state index contributed by atoms with van der Waals surface area (Å²) in [7, 11) is 0. The highest BCUT2D eigenvalue weighted by atomic mass is 35.5. The van der Waals surface area contributed by atoms with Gasteiger partial charge in [0.15, 0.2) is 0 Å². The largest absolute Gasteiger partial charge is 0.399 e. The molecule has 1 nitrogen and oxygen atoms in total. The number of nitrogen functional groups attached to an aromatic ring is 1. The van der Waals surface area contributed by atoms with Gasteiger partial charge in [0.2, 0.25) is 0 Å². The van der Waals surface area contributed by atoms with Crippen molar-refractivity contribution in [1.82, 2.24) is 0 Å². The van der Waals surface area contributed by atoms with Gasteiger partial charge in [-0.3, -0.25) is 0 Å². The van der Waals surface area contributed by atoms with Crippen LogP contribution in [0, 0.1) is 13.8 Å². The Morgan fingerprint density at radius 2 is 1.64 bits per heavy atom. The molecule has 0 aliphatic heterocycles. The van der Waals surface area contributed by atoms with Crippen LogP contribution in [0.5, 0.6) is 0 Å². The SMILES string of the molecule is Cc1ccc(N)c(C)c1.Cl.Cl. The van der Waals surface area contributed by atoms with Crippen LogP contribution < -0.4 is 5.73 Å². The second kappa shape index (κ2) is 5.28. The van der Waals surface area contributed by atoms with Crippen molar-refractivity contribution >= 4 is 30.5 Å². The van der Waals surface area contributed by atoms with Gasteiger partial charge in [0, 0.05) is 5.69 Å². The van der Waals surface area contributed by atoms with Gasteiger partial charge in [-0.25, -0.2) is 0 Å². The predicted molar refractivity (Wildman–Crippen MR) is 54.8 cm³/mol. The van der Waals surface area contributed by atoms with Gasteiger partial charge in [0.05, 0.1) is 0 Å². The molecule has 0 aliphatic carbocycles. The third-order valence-corrected chi connectivity index (χ3v) is 1.43. The summed E-state index contributed by atoms with van der Waals surface area (Å²) in [5, 5.41) is 0. The fourth-order valence-corrected chi connectivity index (χ4v) is 0.826. The van der Waals surface area contributed by atoms with Crippen molar-refractivity contribution in [2.45, 2.75) is 13.8 Å². The van der Waals surface area contributed by atoms with E-state index in [4.69, 9.17) is 5.73 Å². The number of halogens is 2. The fraction of sp³-hybridized carbons (Fsp3) is 0.250. The Kier molecular flexibility index (Phi) is 6.34. The van der Waals surface area contributed by atoms with E-state index in [0.29, 0.717) is 0 Å². The molecule has 0 bridgehead atoms. The molecule has 2 N–H and O–H groups in total. The first-order chi connectivity index (χ1) is 4.20. The summed E-state index contributed by atoms with van der Waals surface area (Å²) < 4.78 is 0. The van der Waals surface area contributed by atoms with Crippen LogP contribution in [0.25, 0.3) is 0 Å². The molecule has 0 saturated carbocycles. The van der Waals surface area contributed by atoms with Crippen molar-refractivity contribution in [3.63, 3.8) is 0 Å². The number of aryl methyl sites for hydroxylation is 2. The first-order valence-corrected chi connectivity index (χ1v) is 3.03. The van der Waals surface area contributed by atoms with Crippen molar-refractivity contribution in [3.8, 4) is 0 Å². The van der Waals surface area contributed by atoms with Gasteiger partial charge in [-0.2, -0.15) is 0 Å². The van der Waals surface area contributed by atoms with Gasteiger partial charge in [0.1, 0.15) is 0 Å². The molecular weight excluding hydrogens is 181 g/mol. The van der Waals surface area contributed by atoms with Crippen molar-refractivity contribution in [1.29, 1.82) is 0 Å². The minimum absolute atomic E-state index is 0. The summed E-state index contributed by atoms with van der Waals surface area (Å²) in [6.45, 7) is 4.08. The highest BCUT2D eigenvalue weighted by Crippen LogP contribution is 2.10. The molecular formula is C8H13Cl2N. The van der Waals surface area contributed by atoms with E-state index in [1.165, 1.54) is 5.56 Å². The molecule has 1 rings (SSSR count). The van der Waals surface area contributed by atoms with Crippen molar-refractivity contribution in [3.05, 3.63) is 29.3 Å². The van der Waals surface area contributed by atoms with E-state index in [1.807, 2.05) is 19.1 Å². The van der Waals surface area contributed by atoms with Crippen LogP contribution in [0.4, 0.5) is 5.69 Å². The highest BCUT2D eigenvalue weighted by Gasteiger charge is 1.89. The molecule has 0 saturated heterocycles. The second-order valence-electron chi connectivity index (χ2n) is 2.36. The predicted octanol–water partition coefficient (Wildman–Crippen LogP) is 2.73. The number of anilines is 1. The Morgan fingerprint density at radius 1 is 1.09 bits per heavy atom. The number of benzene rings is 1. The van der Waals surface area contributed by atoms with Crippen LogP contribution in [0.15, 0.2) is 18.2 Å². The van der Waals surface area contributed by atoms with Gasteiger partial charge in [-0.15, -0.1) is 24.8 Å². The number of nitrogens with two attached hydrogens (primary N) is 1. The average molecular weight is 194 g/mol. The van der Waals surface area contributed by atoms with Crippen LogP contribution in [0.1, 0.15) is 11.1 Å². The molecule has 0 heterocycles. The molecule has 1 aromatic carbocycles. The monoisotopic (exact) mass is 193 g/mol. The van der Waals surface area contributed by atoms with Crippen molar-refractivity contribution in [2.75, 3.05) is 5.73 Å². The lowest BCUT2D eigenvalue weighted by Crippen LogP contribution is -1.88. The molecule has 0 fully saturated rings. The number of hydrogen-bond acceptors (Lipinski definition) is 1. The van der Waals surface area contributed by atoms with Crippen LogP contribution in [-0.4, -0.2) is 0 Å². The average Bonchev–Trinajstić information content (AvgIpc) is 1.80. The molecule has 11 heavy (non-hydrogen) atoms. The summed E-state index contributed by atoms with van der Waals surface area (Å²) in [6, 6.07) is 6.03. The van der Waals surface area contributed by atoms with Crippen LogP contribution >= 0.6 is 24.8 Å². The molecule has 0 spiro atoms. The Hall–Kier alpha value is -0.400. The zero-order valence-corrected chi connectivity index (χ0v) is 8.26. The second-order valence-corrected chi connectivity index (χ2v) is 2.36. The number of rotatable bonds is 0. The van der Waals surface area contributed by atoms with E-state index in [1.54, 1.807) is 0 Å². The van der Waals surface area contributed by atoms with Crippen molar-refractivity contribution in [2.24, 2.45) is 0 Å². The fourth-order valence-electron chi connectivity index (χ4n) is 0.826. The molecule has 0 amide bonds. The van der Waals surface area contributed by atoms with E-state index in [0.717, 1.165) is 11.3 Å². The molecule has 0 aromatic heterocycles. The topological polar surface area (TPSA) is 26.0 Å². The highest BCUT2D eigenvalue weighted by molar-refractivity contribution is 5.85. The standard InChI is InChI=1S/C8H11N.2ClH/c1-6-3-4-8(9)7(2)5-6;;/h3-5H,9H2,1-2H3;2*1H. The maximum Gasteiger partial charge on any atom is 0.0343 e. The van der Waals surface area contributed by atoms with Crippen molar-refractivity contribution < 1.29 is 0 Å². The number of hydrogen-bond donors (Lipinski definition) is 1. The molecule has 0 unspecified atom stereocenters. The molecule has 3 heteroatoms. The van der Waals surface area contributed by atoms with Gasteiger partial charge < -0.3 is 5.73 Å². The minimum Gasteiger partial charge on any atom is -0.399 e. The maximum atomic E-state index is 5.59. The van der Waals surface area contributed by atoms with E-state index in [9.17, 15) is 0 Å². The summed E-state index contributed by atoms with van der Waals surface area (Å²) in [5.41, 5.74) is 8.89. The zero-order valence-electron chi connectivity index (χ0n) is 6.63. The van der Waals surface area contributed by atoms with Gasteiger partial charge in [-0.1, -0.05) is 17.7 Å². The first kappa shape index (κ1) is 13.2. The lowest BCUT2D eigenvalue weighted by Gasteiger charge is -1.98. The Labute approximate surface area is 79.8 Å². The molecule has 0 atom stereocenters. The summed E-state index contributed by atoms with van der Waals surface area (Å²) in [4.78, 5) is 0. The Bertz CT molecular complexity index is 223. The van der Waals surface area contributed by atoms with Crippen LogP contribution in [0.3, 0.4) is 0 Å². The third kappa shape index (κ3) is 3.49. The molecule has 0 radical (unpaired) electrons. The lowest BCUT2D eigenvalue weighted by molar-refractivity contribution is 1.39. The Morgan fingerprint density at radius 3 is 2.00 bits per heavy atom. The van der Waals surface area contributed by atoms with E-state index in [2.05, 4.69) is 13.0 Å². The van der Waals surface area contributed by atoms with E-state index < -0.39 is 0 Å². The minimum atomic E-state index is 0. The quantitative estimate of drug-likeness (QED) is 0.631. The smallest absolute Gasteiger partial charge is 0.0343 e.